The highest BCUT2D eigenvalue weighted by atomic mass is 16.5. The predicted octanol–water partition coefficient (Wildman–Crippen LogP) is 3.67. The lowest BCUT2D eigenvalue weighted by Crippen LogP contribution is -2.30. The number of benzene rings is 2. The van der Waals surface area contributed by atoms with Crippen LogP contribution in [0.2, 0.25) is 0 Å². The van der Waals surface area contributed by atoms with Gasteiger partial charge in [-0.3, -0.25) is 4.79 Å². The summed E-state index contributed by atoms with van der Waals surface area (Å²) in [4.78, 5) is 24.5. The molecule has 1 unspecified atom stereocenters. The molecule has 0 aliphatic carbocycles. The third-order valence-corrected chi connectivity index (χ3v) is 4.05. The van der Waals surface area contributed by atoms with E-state index in [-0.39, 0.29) is 5.91 Å². The van der Waals surface area contributed by atoms with Crippen LogP contribution in [0.5, 0.6) is 0 Å². The molecule has 0 aliphatic heterocycles. The highest BCUT2D eigenvalue weighted by molar-refractivity contribution is 5.97. The Kier molecular flexibility index (Phi) is 5.35. The summed E-state index contributed by atoms with van der Waals surface area (Å²) in [7, 11) is 0. The molecule has 6 heteroatoms. The van der Waals surface area contributed by atoms with Crippen molar-refractivity contribution in [1.82, 2.24) is 9.78 Å². The van der Waals surface area contributed by atoms with E-state index in [1.807, 2.05) is 38.1 Å². The summed E-state index contributed by atoms with van der Waals surface area (Å²) in [5.74, 6) is -0.931. The Morgan fingerprint density at radius 2 is 1.70 bits per heavy atom. The lowest BCUT2D eigenvalue weighted by molar-refractivity contribution is -0.123. The van der Waals surface area contributed by atoms with Gasteiger partial charge >= 0.3 is 5.97 Å². The van der Waals surface area contributed by atoms with E-state index in [0.717, 1.165) is 17.1 Å². The van der Waals surface area contributed by atoms with Crippen molar-refractivity contribution >= 4 is 17.6 Å². The molecule has 3 aromatic rings. The number of esters is 1. The Morgan fingerprint density at radius 1 is 1.04 bits per heavy atom. The Balaban J connectivity index is 1.63. The lowest BCUT2D eigenvalue weighted by Gasteiger charge is -2.14. The first-order chi connectivity index (χ1) is 12.9. The minimum absolute atomic E-state index is 0.375. The molecule has 1 amide bonds. The van der Waals surface area contributed by atoms with Crippen molar-refractivity contribution in [2.75, 3.05) is 5.32 Å². The fourth-order valence-electron chi connectivity index (χ4n) is 2.68. The predicted molar refractivity (Wildman–Crippen MR) is 103 cm³/mol. The zero-order valence-electron chi connectivity index (χ0n) is 15.5. The van der Waals surface area contributed by atoms with Crippen LogP contribution in [0, 0.1) is 13.8 Å². The summed E-state index contributed by atoms with van der Waals surface area (Å²) < 4.78 is 7.08. The van der Waals surface area contributed by atoms with Gasteiger partial charge in [-0.1, -0.05) is 18.2 Å². The molecule has 0 saturated heterocycles. The number of nitrogens with zero attached hydrogens (tertiary/aromatic N) is 2. The maximum atomic E-state index is 12.3. The average Bonchev–Trinajstić information content (AvgIpc) is 3.00. The standard InChI is InChI=1S/C21H21N3O3/c1-14-13-15(2)24(23-14)19-11-9-17(10-12-19)21(26)27-16(3)20(25)22-18-7-5-4-6-8-18/h4-13,16H,1-3H3,(H,22,25). The molecule has 0 saturated carbocycles. The third-order valence-electron chi connectivity index (χ3n) is 4.05. The zero-order valence-corrected chi connectivity index (χ0v) is 15.5. The number of nitrogens with one attached hydrogen (secondary N) is 1. The molecule has 1 aromatic heterocycles. The number of amides is 1. The largest absolute Gasteiger partial charge is 0.449 e. The maximum Gasteiger partial charge on any atom is 0.338 e. The van der Waals surface area contributed by atoms with Crippen LogP contribution >= 0.6 is 0 Å². The summed E-state index contributed by atoms with van der Waals surface area (Å²) in [5, 5.41) is 7.12. The maximum absolute atomic E-state index is 12.3. The van der Waals surface area contributed by atoms with E-state index >= 15 is 0 Å². The number of hydrogen-bond donors (Lipinski definition) is 1. The van der Waals surface area contributed by atoms with Crippen molar-refractivity contribution in [1.29, 1.82) is 0 Å². The van der Waals surface area contributed by atoms with Gasteiger partial charge in [-0.2, -0.15) is 5.10 Å². The van der Waals surface area contributed by atoms with Gasteiger partial charge in [0.2, 0.25) is 0 Å². The first-order valence-corrected chi connectivity index (χ1v) is 8.64. The van der Waals surface area contributed by atoms with Gasteiger partial charge in [0.1, 0.15) is 0 Å². The smallest absolute Gasteiger partial charge is 0.338 e. The summed E-state index contributed by atoms with van der Waals surface area (Å²) >= 11 is 0. The lowest BCUT2D eigenvalue weighted by atomic mass is 10.2. The van der Waals surface area contributed by atoms with Crippen LogP contribution in [-0.4, -0.2) is 27.8 Å². The van der Waals surface area contributed by atoms with Gasteiger partial charge in [-0.25, -0.2) is 9.48 Å². The minimum atomic E-state index is -0.909. The molecule has 0 spiro atoms. The van der Waals surface area contributed by atoms with Crippen molar-refractivity contribution in [3.8, 4) is 5.69 Å². The fraction of sp³-hybridized carbons (Fsp3) is 0.190. The van der Waals surface area contributed by atoms with Crippen molar-refractivity contribution < 1.29 is 14.3 Å². The van der Waals surface area contributed by atoms with Gasteiger partial charge in [0.15, 0.2) is 6.10 Å². The number of hydrogen-bond acceptors (Lipinski definition) is 4. The van der Waals surface area contributed by atoms with E-state index in [4.69, 9.17) is 4.74 Å². The Bertz CT molecular complexity index is 947. The second-order valence-corrected chi connectivity index (χ2v) is 6.29. The quantitative estimate of drug-likeness (QED) is 0.702. The molecule has 0 radical (unpaired) electrons. The molecule has 6 nitrogen and oxygen atoms in total. The number of carbonyl (C=O) groups is 2. The van der Waals surface area contributed by atoms with Gasteiger partial charge in [0.25, 0.3) is 5.91 Å². The minimum Gasteiger partial charge on any atom is -0.449 e. The molecule has 27 heavy (non-hydrogen) atoms. The zero-order chi connectivity index (χ0) is 19.4. The Labute approximate surface area is 157 Å². The van der Waals surface area contributed by atoms with Crippen LogP contribution in [0.25, 0.3) is 5.69 Å². The van der Waals surface area contributed by atoms with Crippen LogP contribution in [0.1, 0.15) is 28.7 Å². The molecule has 1 atom stereocenters. The van der Waals surface area contributed by atoms with E-state index in [1.54, 1.807) is 48.0 Å². The highest BCUT2D eigenvalue weighted by Crippen LogP contribution is 2.14. The SMILES string of the molecule is Cc1cc(C)n(-c2ccc(C(=O)OC(C)C(=O)Nc3ccccc3)cc2)n1. The van der Waals surface area contributed by atoms with Crippen LogP contribution in [-0.2, 0) is 9.53 Å². The van der Waals surface area contributed by atoms with E-state index < -0.39 is 12.1 Å². The first-order valence-electron chi connectivity index (χ1n) is 8.64. The molecular weight excluding hydrogens is 342 g/mol. The third kappa shape index (κ3) is 4.41. The van der Waals surface area contributed by atoms with Crippen LogP contribution in [0.3, 0.4) is 0 Å². The Morgan fingerprint density at radius 3 is 2.30 bits per heavy atom. The van der Waals surface area contributed by atoms with Gasteiger partial charge in [-0.05, 0) is 63.2 Å². The van der Waals surface area contributed by atoms with Gasteiger partial charge in [0, 0.05) is 11.4 Å². The van der Waals surface area contributed by atoms with Crippen molar-refractivity contribution in [3.63, 3.8) is 0 Å². The van der Waals surface area contributed by atoms with E-state index in [1.165, 1.54) is 0 Å². The molecule has 138 valence electrons. The fourth-order valence-corrected chi connectivity index (χ4v) is 2.68. The number of aryl methyl sites for hydroxylation is 2. The van der Waals surface area contributed by atoms with Gasteiger partial charge in [-0.15, -0.1) is 0 Å². The molecule has 1 N–H and O–H groups in total. The normalized spacial score (nSPS) is 11.7. The molecule has 0 bridgehead atoms. The molecule has 0 fully saturated rings. The van der Waals surface area contributed by atoms with E-state index in [9.17, 15) is 9.59 Å². The number of carbonyl (C=O) groups excluding carboxylic acids is 2. The van der Waals surface area contributed by atoms with Gasteiger partial charge in [0.05, 0.1) is 16.9 Å². The van der Waals surface area contributed by atoms with Crippen molar-refractivity contribution in [3.05, 3.63) is 77.6 Å². The molecular formula is C21H21N3O3. The summed E-state index contributed by atoms with van der Waals surface area (Å²) in [6, 6.07) is 17.9. The monoisotopic (exact) mass is 363 g/mol. The number of aromatic nitrogens is 2. The average molecular weight is 363 g/mol. The molecule has 0 aliphatic rings. The van der Waals surface area contributed by atoms with Gasteiger partial charge < -0.3 is 10.1 Å². The number of para-hydroxylation sites is 1. The van der Waals surface area contributed by atoms with Crippen LogP contribution < -0.4 is 5.32 Å². The molecule has 2 aromatic carbocycles. The van der Waals surface area contributed by atoms with Crippen LogP contribution in [0.4, 0.5) is 5.69 Å². The molecule has 1 heterocycles. The summed E-state index contributed by atoms with van der Waals surface area (Å²) in [6.07, 6.45) is -0.909. The topological polar surface area (TPSA) is 73.2 Å². The number of rotatable bonds is 5. The number of ether oxygens (including phenoxy) is 1. The summed E-state index contributed by atoms with van der Waals surface area (Å²) in [5.41, 5.74) is 3.81. The summed E-state index contributed by atoms with van der Waals surface area (Å²) in [6.45, 7) is 5.44. The second kappa shape index (κ2) is 7.86. The van der Waals surface area contributed by atoms with Crippen molar-refractivity contribution in [2.45, 2.75) is 26.9 Å². The Hall–Kier alpha value is -3.41. The van der Waals surface area contributed by atoms with Crippen LogP contribution in [0.15, 0.2) is 60.7 Å². The van der Waals surface area contributed by atoms with Crippen molar-refractivity contribution in [2.24, 2.45) is 0 Å². The van der Waals surface area contributed by atoms with E-state index in [0.29, 0.717) is 11.3 Å². The van der Waals surface area contributed by atoms with E-state index in [2.05, 4.69) is 10.4 Å². The number of anilines is 1. The highest BCUT2D eigenvalue weighted by Gasteiger charge is 2.19. The molecule has 3 rings (SSSR count). The first kappa shape index (κ1) is 18.4. The second-order valence-electron chi connectivity index (χ2n) is 6.29.